The smallest absolute Gasteiger partial charge is 0.482 e. The van der Waals surface area contributed by atoms with Crippen molar-refractivity contribution in [3.05, 3.63) is 64.8 Å². The van der Waals surface area contributed by atoms with Gasteiger partial charge in [0.1, 0.15) is 17.1 Å². The van der Waals surface area contributed by atoms with E-state index in [1.165, 1.54) is 12.1 Å². The lowest BCUT2D eigenvalue weighted by molar-refractivity contribution is -0.275. The third-order valence-electron chi connectivity index (χ3n) is 6.19. The number of ether oxygens (including phenoxy) is 2. The lowest BCUT2D eigenvalue weighted by Crippen LogP contribution is -2.47. The number of likely N-dealkylation sites (tertiary alicyclic amines) is 1. The van der Waals surface area contributed by atoms with Crippen LogP contribution in [0, 0.1) is 0 Å². The average Bonchev–Trinajstić information content (AvgIpc) is 3.13. The Hall–Kier alpha value is -2.71. The lowest BCUT2D eigenvalue weighted by atomic mass is 9.81. The molecule has 3 heterocycles. The van der Waals surface area contributed by atoms with Crippen LogP contribution in [0.1, 0.15) is 24.0 Å². The first-order valence-electron chi connectivity index (χ1n) is 10.3. The minimum Gasteiger partial charge on any atom is -0.482 e. The van der Waals surface area contributed by atoms with Crippen molar-refractivity contribution in [2.24, 2.45) is 7.05 Å². The Bertz CT molecular complexity index is 1150. The summed E-state index contributed by atoms with van der Waals surface area (Å²) in [7, 11) is 1.91. The fourth-order valence-electron chi connectivity index (χ4n) is 4.68. The Labute approximate surface area is 188 Å². The molecule has 3 aromatic rings. The van der Waals surface area contributed by atoms with Crippen LogP contribution in [0.2, 0.25) is 5.02 Å². The second-order valence-electron chi connectivity index (χ2n) is 8.20. The molecule has 1 fully saturated rings. The normalized spacial score (nSPS) is 17.5. The van der Waals surface area contributed by atoms with Gasteiger partial charge in [0, 0.05) is 61.2 Å². The van der Waals surface area contributed by atoms with Gasteiger partial charge < -0.3 is 9.47 Å². The highest BCUT2D eigenvalue weighted by atomic mass is 35.5. The van der Waals surface area contributed by atoms with Crippen LogP contribution in [-0.4, -0.2) is 34.1 Å². The first-order valence-corrected chi connectivity index (χ1v) is 10.7. The number of hydrogen-bond donors (Lipinski definition) is 0. The third-order valence-corrected chi connectivity index (χ3v) is 6.42. The summed E-state index contributed by atoms with van der Waals surface area (Å²) >= 11 is 6.22. The van der Waals surface area contributed by atoms with Gasteiger partial charge in [-0.2, -0.15) is 5.10 Å². The van der Waals surface area contributed by atoms with Crippen molar-refractivity contribution >= 4 is 11.6 Å². The van der Waals surface area contributed by atoms with E-state index >= 15 is 0 Å². The maximum atomic E-state index is 12.8. The fraction of sp³-hybridized carbons (Fsp3) is 0.348. The Morgan fingerprint density at radius 1 is 1.16 bits per heavy atom. The Morgan fingerprint density at radius 3 is 2.66 bits per heavy atom. The number of aromatic nitrogens is 2. The van der Waals surface area contributed by atoms with Crippen LogP contribution >= 0.6 is 11.6 Å². The van der Waals surface area contributed by atoms with Crippen LogP contribution in [0.3, 0.4) is 0 Å². The maximum absolute atomic E-state index is 12.8. The first kappa shape index (κ1) is 21.2. The molecule has 0 N–H and O–H groups in total. The Morgan fingerprint density at radius 2 is 1.91 bits per heavy atom. The Balaban J connectivity index is 1.37. The quantitative estimate of drug-likeness (QED) is 0.512. The van der Waals surface area contributed by atoms with E-state index in [1.54, 1.807) is 12.1 Å². The van der Waals surface area contributed by atoms with Crippen molar-refractivity contribution in [1.29, 1.82) is 0 Å². The summed E-state index contributed by atoms with van der Waals surface area (Å²) in [6.45, 7) is 1.68. The number of rotatable bonds is 3. The molecule has 0 unspecified atom stereocenters. The van der Waals surface area contributed by atoms with Gasteiger partial charge in [-0.1, -0.05) is 29.8 Å². The highest BCUT2D eigenvalue weighted by Crippen LogP contribution is 2.50. The molecule has 1 aromatic heterocycles. The number of benzene rings is 2. The van der Waals surface area contributed by atoms with Crippen LogP contribution in [0.5, 0.6) is 11.5 Å². The standard InChI is InChI=1S/C23H21ClF3N3O2/c1-29-21-17-7-6-16(24)12-20(17)31-22(18(21)13-28-29)8-10-30(11-9-22)14-15-4-2-3-5-19(15)32-23(25,26)27/h2-7,12-13H,8-11,14H2,1H3. The Kier molecular flexibility index (Phi) is 5.09. The maximum Gasteiger partial charge on any atom is 0.573 e. The van der Waals surface area contributed by atoms with Gasteiger partial charge in [0.15, 0.2) is 0 Å². The second-order valence-corrected chi connectivity index (χ2v) is 8.64. The SMILES string of the molecule is Cn1ncc2c1-c1ccc(Cl)cc1OC21CCN(Cc2ccccc2OC(F)(F)F)CC1. The van der Waals surface area contributed by atoms with E-state index in [2.05, 4.69) is 14.7 Å². The topological polar surface area (TPSA) is 39.5 Å². The molecule has 32 heavy (non-hydrogen) atoms. The molecule has 0 radical (unpaired) electrons. The van der Waals surface area contributed by atoms with E-state index in [-0.39, 0.29) is 5.75 Å². The number of halogens is 4. The van der Waals surface area contributed by atoms with Gasteiger partial charge >= 0.3 is 6.36 Å². The van der Waals surface area contributed by atoms with Crippen LogP contribution in [0.25, 0.3) is 11.3 Å². The molecule has 0 amide bonds. The molecule has 2 aliphatic heterocycles. The highest BCUT2D eigenvalue weighted by Gasteiger charge is 2.45. The predicted molar refractivity (Wildman–Crippen MR) is 114 cm³/mol. The van der Waals surface area contributed by atoms with Crippen molar-refractivity contribution in [1.82, 2.24) is 14.7 Å². The van der Waals surface area contributed by atoms with E-state index in [9.17, 15) is 13.2 Å². The van der Waals surface area contributed by atoms with Crippen LogP contribution in [0.4, 0.5) is 13.2 Å². The van der Waals surface area contributed by atoms with Gasteiger partial charge in [-0.15, -0.1) is 13.2 Å². The molecule has 168 valence electrons. The molecule has 5 nitrogen and oxygen atoms in total. The fourth-order valence-corrected chi connectivity index (χ4v) is 4.84. The van der Waals surface area contributed by atoms with Crippen molar-refractivity contribution < 1.29 is 22.6 Å². The summed E-state index contributed by atoms with van der Waals surface area (Å²) in [4.78, 5) is 2.12. The van der Waals surface area contributed by atoms with Crippen molar-refractivity contribution in [3.8, 4) is 22.8 Å². The van der Waals surface area contributed by atoms with Gasteiger partial charge in [0.2, 0.25) is 0 Å². The van der Waals surface area contributed by atoms with Gasteiger partial charge in [0.25, 0.3) is 0 Å². The summed E-state index contributed by atoms with van der Waals surface area (Å²) in [6, 6.07) is 11.9. The summed E-state index contributed by atoms with van der Waals surface area (Å²) in [5.74, 6) is 0.568. The van der Waals surface area contributed by atoms with E-state index in [4.69, 9.17) is 16.3 Å². The zero-order valence-electron chi connectivity index (χ0n) is 17.3. The molecule has 0 saturated carbocycles. The molecule has 1 spiro atoms. The van der Waals surface area contributed by atoms with E-state index in [0.29, 0.717) is 43.1 Å². The first-order chi connectivity index (χ1) is 15.2. The lowest BCUT2D eigenvalue weighted by Gasteiger charge is -2.44. The number of hydrogen-bond acceptors (Lipinski definition) is 4. The van der Waals surface area contributed by atoms with Crippen molar-refractivity contribution in [2.45, 2.75) is 31.3 Å². The second kappa shape index (κ2) is 7.71. The van der Waals surface area contributed by atoms with Crippen molar-refractivity contribution in [3.63, 3.8) is 0 Å². The molecule has 2 aliphatic rings. The monoisotopic (exact) mass is 463 g/mol. The average molecular weight is 464 g/mol. The molecule has 1 saturated heterocycles. The number of para-hydroxylation sites is 1. The number of piperidine rings is 1. The number of aryl methyl sites for hydroxylation is 1. The molecule has 0 bridgehead atoms. The molecule has 9 heteroatoms. The van der Waals surface area contributed by atoms with Crippen LogP contribution in [-0.2, 0) is 19.2 Å². The molecule has 0 aliphatic carbocycles. The number of alkyl halides is 3. The summed E-state index contributed by atoms with van der Waals surface area (Å²) < 4.78 is 50.9. The number of fused-ring (bicyclic) bond motifs is 4. The van der Waals surface area contributed by atoms with E-state index in [0.717, 1.165) is 22.6 Å². The van der Waals surface area contributed by atoms with E-state index < -0.39 is 12.0 Å². The minimum atomic E-state index is -4.72. The molecule has 5 rings (SSSR count). The zero-order valence-corrected chi connectivity index (χ0v) is 18.1. The summed E-state index contributed by atoms with van der Waals surface area (Å²) in [5, 5.41) is 5.07. The molecule has 2 aromatic carbocycles. The molecule has 0 atom stereocenters. The zero-order chi connectivity index (χ0) is 22.5. The van der Waals surface area contributed by atoms with E-state index in [1.807, 2.05) is 36.1 Å². The van der Waals surface area contributed by atoms with Crippen molar-refractivity contribution in [2.75, 3.05) is 13.1 Å². The van der Waals surface area contributed by atoms with Gasteiger partial charge in [0.05, 0.1) is 11.9 Å². The van der Waals surface area contributed by atoms with Gasteiger partial charge in [-0.3, -0.25) is 9.58 Å². The van der Waals surface area contributed by atoms with Gasteiger partial charge in [-0.25, -0.2) is 0 Å². The highest BCUT2D eigenvalue weighted by molar-refractivity contribution is 6.30. The minimum absolute atomic E-state index is 0.160. The van der Waals surface area contributed by atoms with Crippen LogP contribution in [0.15, 0.2) is 48.7 Å². The number of nitrogens with zero attached hydrogens (tertiary/aromatic N) is 3. The molecular weight excluding hydrogens is 443 g/mol. The summed E-state index contributed by atoms with van der Waals surface area (Å²) in [5.41, 5.74) is 2.97. The third kappa shape index (κ3) is 3.82. The van der Waals surface area contributed by atoms with Crippen LogP contribution < -0.4 is 9.47 Å². The largest absolute Gasteiger partial charge is 0.573 e. The predicted octanol–water partition coefficient (Wildman–Crippen LogP) is 5.52. The molecular formula is C23H21ClF3N3O2. The van der Waals surface area contributed by atoms with Gasteiger partial charge in [-0.05, 0) is 24.3 Å². The summed E-state index contributed by atoms with van der Waals surface area (Å²) in [6.07, 6.45) is -1.50.